The van der Waals surface area contributed by atoms with Crippen molar-refractivity contribution in [3.8, 4) is 4.56 Å². The fraction of sp³-hybridized carbons (Fsp3) is 0.192. The van der Waals surface area contributed by atoms with Gasteiger partial charge in [-0.2, -0.15) is 0 Å². The number of hydrogen-bond donors (Lipinski definition) is 0. The second kappa shape index (κ2) is 6.76. The Balaban J connectivity index is 1.62. The second-order valence-corrected chi connectivity index (χ2v) is 11.7. The van der Waals surface area contributed by atoms with Gasteiger partial charge in [0.05, 0.1) is 0 Å². The summed E-state index contributed by atoms with van der Waals surface area (Å²) in [6, 6.07) is 17.3. The summed E-state index contributed by atoms with van der Waals surface area (Å²) in [7, 11) is 3.22. The molecule has 0 radical (unpaired) electrons. The van der Waals surface area contributed by atoms with Crippen LogP contribution in [0, 0.1) is 0 Å². The first-order valence-corrected chi connectivity index (χ1v) is 12.8. The van der Waals surface area contributed by atoms with Crippen LogP contribution in [0.2, 0.25) is 0 Å². The number of thiocarbonyl (C=S) groups is 1. The van der Waals surface area contributed by atoms with Gasteiger partial charge in [0.2, 0.25) is 0 Å². The molecular formula is C26H21N3O2SSe. The number of carbonyl (C=O) groups excluding carboxylic acids is 2. The van der Waals surface area contributed by atoms with Crippen molar-refractivity contribution in [1.29, 1.82) is 0 Å². The van der Waals surface area contributed by atoms with E-state index in [1.54, 1.807) is 20.2 Å². The van der Waals surface area contributed by atoms with E-state index in [1.165, 1.54) is 47.3 Å². The third-order valence-electron chi connectivity index (χ3n) is 6.91. The number of amides is 2. The number of benzene rings is 2. The fourth-order valence-corrected chi connectivity index (χ4v) is 7.94. The summed E-state index contributed by atoms with van der Waals surface area (Å²) in [5, 5.41) is 2.74. The topological polar surface area (TPSA) is 45.6 Å². The zero-order chi connectivity index (χ0) is 23.2. The summed E-state index contributed by atoms with van der Waals surface area (Å²) in [6.45, 7) is 4.52. The van der Waals surface area contributed by atoms with Gasteiger partial charge in [-0.05, 0) is 0 Å². The molecule has 0 spiro atoms. The van der Waals surface area contributed by atoms with Gasteiger partial charge in [-0.15, -0.1) is 0 Å². The molecule has 2 aliphatic heterocycles. The minimum atomic E-state index is -0.346. The van der Waals surface area contributed by atoms with E-state index >= 15 is 0 Å². The number of aromatic nitrogens is 1. The summed E-state index contributed by atoms with van der Waals surface area (Å²) in [5.41, 5.74) is 4.99. The van der Waals surface area contributed by atoms with Crippen molar-refractivity contribution in [3.63, 3.8) is 0 Å². The number of para-hydroxylation sites is 2. The van der Waals surface area contributed by atoms with Gasteiger partial charge in [-0.1, -0.05) is 0 Å². The first-order chi connectivity index (χ1) is 15.7. The fourth-order valence-electron chi connectivity index (χ4n) is 5.08. The van der Waals surface area contributed by atoms with Crippen LogP contribution in [0.4, 0.5) is 0 Å². The van der Waals surface area contributed by atoms with Crippen LogP contribution < -0.4 is 0 Å². The van der Waals surface area contributed by atoms with E-state index in [0.717, 1.165) is 4.44 Å². The van der Waals surface area contributed by atoms with E-state index in [2.05, 4.69) is 66.9 Å². The van der Waals surface area contributed by atoms with Crippen molar-refractivity contribution in [2.75, 3.05) is 14.1 Å². The van der Waals surface area contributed by atoms with Crippen molar-refractivity contribution >= 4 is 71.5 Å². The Hall–Kier alpha value is -2.99. The summed E-state index contributed by atoms with van der Waals surface area (Å²) >= 11 is 5.17. The second-order valence-electron chi connectivity index (χ2n) is 9.12. The van der Waals surface area contributed by atoms with Crippen molar-refractivity contribution in [2.45, 2.75) is 19.3 Å². The van der Waals surface area contributed by atoms with Crippen LogP contribution in [-0.4, -0.2) is 59.9 Å². The van der Waals surface area contributed by atoms with Gasteiger partial charge in [0.15, 0.2) is 0 Å². The molecule has 7 heteroatoms. The zero-order valence-electron chi connectivity index (χ0n) is 18.7. The van der Waals surface area contributed by atoms with Crippen LogP contribution in [0.15, 0.2) is 54.1 Å². The number of hydrogen-bond acceptors (Lipinski definition) is 3. The summed E-state index contributed by atoms with van der Waals surface area (Å²) in [6.07, 6.45) is 1.78. The monoisotopic (exact) mass is 519 g/mol. The first-order valence-electron chi connectivity index (χ1n) is 10.7. The molecule has 0 saturated carbocycles. The normalized spacial score (nSPS) is 17.3. The van der Waals surface area contributed by atoms with Crippen LogP contribution in [-0.2, 0) is 15.0 Å². The van der Waals surface area contributed by atoms with Gasteiger partial charge in [-0.3, -0.25) is 0 Å². The van der Waals surface area contributed by atoms with Crippen molar-refractivity contribution in [2.24, 2.45) is 0 Å². The molecule has 33 heavy (non-hydrogen) atoms. The molecule has 2 aromatic heterocycles. The van der Waals surface area contributed by atoms with Gasteiger partial charge in [0.25, 0.3) is 0 Å². The van der Waals surface area contributed by atoms with E-state index in [9.17, 15) is 9.59 Å². The third-order valence-corrected chi connectivity index (χ3v) is 9.69. The van der Waals surface area contributed by atoms with E-state index in [1.807, 2.05) is 0 Å². The van der Waals surface area contributed by atoms with Crippen LogP contribution in [0.1, 0.15) is 29.4 Å². The zero-order valence-corrected chi connectivity index (χ0v) is 21.2. The quantitative estimate of drug-likeness (QED) is 0.165. The Morgan fingerprint density at radius 3 is 2.30 bits per heavy atom. The van der Waals surface area contributed by atoms with Gasteiger partial charge in [-0.25, -0.2) is 0 Å². The van der Waals surface area contributed by atoms with Crippen molar-refractivity contribution < 1.29 is 9.59 Å². The number of nitrogens with zero attached hydrogens (tertiary/aromatic N) is 3. The predicted molar refractivity (Wildman–Crippen MR) is 136 cm³/mol. The molecule has 2 amide bonds. The van der Waals surface area contributed by atoms with Crippen LogP contribution in [0.25, 0.3) is 32.4 Å². The predicted octanol–water partition coefficient (Wildman–Crippen LogP) is 4.08. The number of likely N-dealkylation sites (N-methyl/N-ethyl adjacent to an activating group) is 2. The standard InChI is InChI=1S/C26H21N3O2SSe/c1-26(2)18-10-7-9-16-15-8-5-6-11-20(15)29(21(16)18)24-19(26)13-14(33-24)12-17-22(30)27(3)25(32)28(4)23(17)31/h5-13H,1-4H3. The summed E-state index contributed by atoms with van der Waals surface area (Å²) in [4.78, 5) is 28.5. The van der Waals surface area contributed by atoms with Gasteiger partial charge in [0, 0.05) is 0 Å². The van der Waals surface area contributed by atoms with Gasteiger partial charge in [0.1, 0.15) is 0 Å². The number of fused-ring (bicyclic) bond motifs is 5. The molecule has 0 bridgehead atoms. The van der Waals surface area contributed by atoms with Crippen molar-refractivity contribution in [1.82, 2.24) is 14.4 Å². The molecule has 1 saturated heterocycles. The number of carbonyl (C=O) groups is 2. The van der Waals surface area contributed by atoms with Crippen LogP contribution in [0.3, 0.4) is 0 Å². The third kappa shape index (κ3) is 2.61. The molecule has 1 fully saturated rings. The maximum atomic E-state index is 12.9. The Morgan fingerprint density at radius 1 is 0.909 bits per heavy atom. The van der Waals surface area contributed by atoms with Gasteiger partial charge < -0.3 is 0 Å². The molecule has 2 aliphatic rings. The molecule has 0 atom stereocenters. The Bertz CT molecular complexity index is 1560. The average Bonchev–Trinajstić information content (AvgIpc) is 3.38. The van der Waals surface area contributed by atoms with E-state index < -0.39 is 0 Å². The molecule has 6 rings (SSSR count). The molecule has 4 heterocycles. The molecule has 164 valence electrons. The molecule has 0 unspecified atom stereocenters. The SMILES string of the molecule is CN1C(=O)C(=Cc2cc3c([se]2)-n2c4ccccc4c4cccc(c42)C3(C)C)C(=O)N(C)C1=S. The minimum absolute atomic E-state index is 0.0580. The van der Waals surface area contributed by atoms with E-state index in [0.29, 0.717) is 0 Å². The Morgan fingerprint density at radius 2 is 1.58 bits per heavy atom. The molecule has 0 aliphatic carbocycles. The molecule has 0 N–H and O–H groups in total. The molecule has 2 aromatic carbocycles. The summed E-state index contributed by atoms with van der Waals surface area (Å²) < 4.78 is 4.70. The van der Waals surface area contributed by atoms with Crippen LogP contribution >= 0.6 is 12.2 Å². The molecule has 4 aromatic rings. The summed E-state index contributed by atoms with van der Waals surface area (Å²) in [5.74, 6) is -0.693. The maximum absolute atomic E-state index is 12.9. The molecule has 5 nitrogen and oxygen atoms in total. The number of rotatable bonds is 1. The average molecular weight is 519 g/mol. The van der Waals surface area contributed by atoms with Crippen LogP contribution in [0.5, 0.6) is 0 Å². The first kappa shape index (κ1) is 20.6. The van der Waals surface area contributed by atoms with E-state index in [-0.39, 0.29) is 42.4 Å². The molecular weight excluding hydrogens is 497 g/mol. The van der Waals surface area contributed by atoms with Crippen molar-refractivity contribution in [3.05, 3.63) is 69.7 Å². The Labute approximate surface area is 202 Å². The Kier molecular flexibility index (Phi) is 4.22. The van der Waals surface area contributed by atoms with E-state index in [4.69, 9.17) is 12.2 Å². The van der Waals surface area contributed by atoms with Gasteiger partial charge >= 0.3 is 203 Å².